The third-order valence-electron chi connectivity index (χ3n) is 2.19. The summed E-state index contributed by atoms with van der Waals surface area (Å²) in [4.78, 5) is 4.14. The number of rotatable bonds is 4. The second-order valence-corrected chi connectivity index (χ2v) is 4.91. The highest BCUT2D eigenvalue weighted by molar-refractivity contribution is 9.10. The van der Waals surface area contributed by atoms with E-state index >= 15 is 0 Å². The van der Waals surface area contributed by atoms with Crippen molar-refractivity contribution in [3.63, 3.8) is 0 Å². The molecule has 0 saturated carbocycles. The average Bonchev–Trinajstić information content (AvgIpc) is 2.75. The van der Waals surface area contributed by atoms with Crippen molar-refractivity contribution in [3.05, 3.63) is 40.1 Å². The van der Waals surface area contributed by atoms with E-state index in [1.165, 1.54) is 0 Å². The number of hydrogen-bond donors (Lipinski definition) is 0. The Labute approximate surface area is 108 Å². The molecule has 1 heterocycles. The highest BCUT2D eigenvalue weighted by atomic mass is 79.9. The van der Waals surface area contributed by atoms with Gasteiger partial charge in [-0.25, -0.2) is 0 Å². The van der Waals surface area contributed by atoms with E-state index in [2.05, 4.69) is 26.1 Å². The number of ether oxygens (including phenoxy) is 1. The Balaban J connectivity index is 1.97. The molecule has 0 aliphatic carbocycles. The minimum atomic E-state index is 0.216. The molecule has 0 N–H and O–H groups in total. The summed E-state index contributed by atoms with van der Waals surface area (Å²) < 4.78 is 11.4. The van der Waals surface area contributed by atoms with Gasteiger partial charge in [0.2, 0.25) is 0 Å². The molecule has 0 aliphatic rings. The van der Waals surface area contributed by atoms with Gasteiger partial charge in [-0.15, -0.1) is 0 Å². The van der Waals surface area contributed by atoms with Crippen LogP contribution in [0, 0.1) is 0 Å². The molecule has 0 radical (unpaired) electrons. The summed E-state index contributed by atoms with van der Waals surface area (Å²) in [6.07, 6.45) is 0.216. The molecule has 1 aromatic carbocycles. The van der Waals surface area contributed by atoms with Crippen LogP contribution in [-0.2, 0) is 6.61 Å². The summed E-state index contributed by atoms with van der Waals surface area (Å²) in [5.74, 6) is 0.899. The van der Waals surface area contributed by atoms with Crippen molar-refractivity contribution in [2.45, 2.75) is 26.4 Å². The lowest BCUT2D eigenvalue weighted by Gasteiger charge is -2.01. The summed E-state index contributed by atoms with van der Waals surface area (Å²) >= 11 is 3.40. The summed E-state index contributed by atoms with van der Waals surface area (Å²) in [7, 11) is 0. The van der Waals surface area contributed by atoms with Crippen molar-refractivity contribution in [3.8, 4) is 6.08 Å². The van der Waals surface area contributed by atoms with Crippen LogP contribution in [0.3, 0.4) is 0 Å². The van der Waals surface area contributed by atoms with Crippen LogP contribution in [0.25, 0.3) is 0 Å². The normalized spacial score (nSPS) is 10.8. The van der Waals surface area contributed by atoms with Crippen LogP contribution >= 0.6 is 15.9 Å². The first-order chi connectivity index (χ1) is 8.15. The molecule has 0 saturated heterocycles. The molecule has 5 heteroatoms. The van der Waals surface area contributed by atoms with Crippen molar-refractivity contribution in [2.24, 2.45) is 0 Å². The maximum atomic E-state index is 5.42. The van der Waals surface area contributed by atoms with Crippen LogP contribution in [-0.4, -0.2) is 10.1 Å². The van der Waals surface area contributed by atoms with Crippen LogP contribution in [0.1, 0.15) is 31.2 Å². The molecule has 2 rings (SSSR count). The van der Waals surface area contributed by atoms with Crippen molar-refractivity contribution >= 4 is 15.9 Å². The molecule has 17 heavy (non-hydrogen) atoms. The fourth-order valence-electron chi connectivity index (χ4n) is 1.29. The fraction of sp³-hybridized carbons (Fsp3) is 0.333. The first-order valence-corrected chi connectivity index (χ1v) is 6.15. The minimum absolute atomic E-state index is 0.216. The van der Waals surface area contributed by atoms with Gasteiger partial charge in [0.25, 0.3) is 0 Å². The van der Waals surface area contributed by atoms with Gasteiger partial charge in [0.15, 0.2) is 5.82 Å². The SMILES string of the molecule is CC(C)c1noc(OCc2cccc(Br)c2)n1. The Hall–Kier alpha value is -1.36. The molecule has 0 unspecified atom stereocenters. The second kappa shape index (κ2) is 5.31. The molecule has 0 fully saturated rings. The lowest BCUT2D eigenvalue weighted by molar-refractivity contribution is 0.195. The van der Waals surface area contributed by atoms with Crippen LogP contribution in [0.4, 0.5) is 0 Å². The smallest absolute Gasteiger partial charge is 0.417 e. The first kappa shape index (κ1) is 12.1. The van der Waals surface area contributed by atoms with E-state index in [1.54, 1.807) is 0 Å². The lowest BCUT2D eigenvalue weighted by atomic mass is 10.2. The molecule has 0 amide bonds. The van der Waals surface area contributed by atoms with Crippen molar-refractivity contribution < 1.29 is 9.26 Å². The van der Waals surface area contributed by atoms with E-state index in [0.717, 1.165) is 10.0 Å². The Morgan fingerprint density at radius 2 is 2.24 bits per heavy atom. The predicted molar refractivity (Wildman–Crippen MR) is 66.9 cm³/mol. The molecule has 0 aliphatic heterocycles. The number of benzene rings is 1. The topological polar surface area (TPSA) is 48.2 Å². The van der Waals surface area contributed by atoms with Crippen LogP contribution in [0.15, 0.2) is 33.3 Å². The van der Waals surface area contributed by atoms with Gasteiger partial charge in [0.05, 0.1) is 0 Å². The Morgan fingerprint density at radius 1 is 1.41 bits per heavy atom. The zero-order chi connectivity index (χ0) is 12.3. The van der Waals surface area contributed by atoms with Gasteiger partial charge < -0.3 is 4.74 Å². The molecule has 0 spiro atoms. The zero-order valence-corrected chi connectivity index (χ0v) is 11.3. The standard InChI is InChI=1S/C12H13BrN2O2/c1-8(2)11-14-12(17-15-11)16-7-9-4-3-5-10(13)6-9/h3-6,8H,7H2,1-2H3. The van der Waals surface area contributed by atoms with Crippen LogP contribution < -0.4 is 4.74 Å². The molecule has 0 bridgehead atoms. The van der Waals surface area contributed by atoms with Crippen LogP contribution in [0.5, 0.6) is 6.08 Å². The maximum Gasteiger partial charge on any atom is 0.417 e. The van der Waals surface area contributed by atoms with Gasteiger partial charge in [-0.3, -0.25) is 4.52 Å². The van der Waals surface area contributed by atoms with Crippen molar-refractivity contribution in [1.82, 2.24) is 10.1 Å². The van der Waals surface area contributed by atoms with E-state index in [9.17, 15) is 0 Å². The monoisotopic (exact) mass is 296 g/mol. The second-order valence-electron chi connectivity index (χ2n) is 3.99. The van der Waals surface area contributed by atoms with Gasteiger partial charge in [0.1, 0.15) is 6.61 Å². The highest BCUT2D eigenvalue weighted by Crippen LogP contribution is 2.16. The number of halogens is 1. The summed E-state index contributed by atoms with van der Waals surface area (Å²) in [5, 5.41) is 3.83. The van der Waals surface area contributed by atoms with Gasteiger partial charge in [-0.1, -0.05) is 47.1 Å². The van der Waals surface area contributed by atoms with E-state index < -0.39 is 0 Å². The Kier molecular flexibility index (Phi) is 3.78. The third-order valence-corrected chi connectivity index (χ3v) is 2.68. The van der Waals surface area contributed by atoms with E-state index in [0.29, 0.717) is 12.4 Å². The van der Waals surface area contributed by atoms with Gasteiger partial charge >= 0.3 is 6.08 Å². The molecule has 90 valence electrons. The molecule has 4 nitrogen and oxygen atoms in total. The van der Waals surface area contributed by atoms with Crippen molar-refractivity contribution in [1.29, 1.82) is 0 Å². The van der Waals surface area contributed by atoms with E-state index in [-0.39, 0.29) is 12.0 Å². The largest absolute Gasteiger partial charge is 0.444 e. The van der Waals surface area contributed by atoms with Crippen molar-refractivity contribution in [2.75, 3.05) is 0 Å². The Morgan fingerprint density at radius 3 is 2.88 bits per heavy atom. The average molecular weight is 297 g/mol. The summed E-state index contributed by atoms with van der Waals surface area (Å²) in [6.45, 7) is 4.42. The Bertz CT molecular complexity index is 497. The lowest BCUT2D eigenvalue weighted by Crippen LogP contribution is -1.96. The summed E-state index contributed by atoms with van der Waals surface area (Å²) in [5.41, 5.74) is 1.05. The number of nitrogens with zero attached hydrogens (tertiary/aromatic N) is 2. The molecular formula is C12H13BrN2O2. The molecule has 1 aromatic heterocycles. The van der Waals surface area contributed by atoms with Gasteiger partial charge in [-0.2, -0.15) is 4.98 Å². The third kappa shape index (κ3) is 3.30. The van der Waals surface area contributed by atoms with Gasteiger partial charge in [-0.05, 0) is 17.7 Å². The van der Waals surface area contributed by atoms with Gasteiger partial charge in [0, 0.05) is 10.4 Å². The zero-order valence-electron chi connectivity index (χ0n) is 9.68. The fourth-order valence-corrected chi connectivity index (χ4v) is 1.73. The minimum Gasteiger partial charge on any atom is -0.444 e. The first-order valence-electron chi connectivity index (χ1n) is 5.36. The molecule has 2 aromatic rings. The molecular weight excluding hydrogens is 284 g/mol. The maximum absolute atomic E-state index is 5.42. The van der Waals surface area contributed by atoms with E-state index in [1.807, 2.05) is 38.1 Å². The number of hydrogen-bond acceptors (Lipinski definition) is 4. The van der Waals surface area contributed by atoms with E-state index in [4.69, 9.17) is 9.26 Å². The highest BCUT2D eigenvalue weighted by Gasteiger charge is 2.10. The summed E-state index contributed by atoms with van der Waals surface area (Å²) in [6, 6.07) is 7.88. The molecule has 0 atom stereocenters. The number of aromatic nitrogens is 2. The predicted octanol–water partition coefficient (Wildman–Crippen LogP) is 3.53. The quantitative estimate of drug-likeness (QED) is 0.866. The van der Waals surface area contributed by atoms with Crippen LogP contribution in [0.2, 0.25) is 0 Å².